The average Bonchev–Trinajstić information content (AvgIpc) is 3.70. The first-order valence-electron chi connectivity index (χ1n) is 17.3. The van der Waals surface area contributed by atoms with Crippen molar-refractivity contribution >= 4 is 49.8 Å². The Balaban J connectivity index is 1.23. The van der Waals surface area contributed by atoms with Gasteiger partial charge >= 0.3 is 0 Å². The molecule has 0 spiro atoms. The maximum atomic E-state index is 6.99. The zero-order valence-corrected chi connectivity index (χ0v) is 27.7. The van der Waals surface area contributed by atoms with Crippen molar-refractivity contribution in [2.75, 3.05) is 4.90 Å². The SMILES string of the molecule is CC1(c2cccc3c2oc2cccc(N(c4ccc(-c5ccccc5)cc4)c4cccc5ccccc45)c23)c2ccccc2-c2ccccc21. The summed E-state index contributed by atoms with van der Waals surface area (Å²) in [5.41, 5.74) is 13.5. The molecule has 0 atom stereocenters. The predicted molar refractivity (Wildman–Crippen MR) is 209 cm³/mol. The monoisotopic (exact) mass is 639 g/mol. The zero-order chi connectivity index (χ0) is 33.2. The number of anilines is 3. The lowest BCUT2D eigenvalue weighted by Gasteiger charge is -2.28. The van der Waals surface area contributed by atoms with Crippen molar-refractivity contribution in [3.63, 3.8) is 0 Å². The van der Waals surface area contributed by atoms with Crippen molar-refractivity contribution in [3.05, 3.63) is 199 Å². The van der Waals surface area contributed by atoms with Gasteiger partial charge in [0.15, 0.2) is 0 Å². The van der Waals surface area contributed by atoms with Gasteiger partial charge in [-0.25, -0.2) is 0 Å². The van der Waals surface area contributed by atoms with Crippen molar-refractivity contribution in [2.24, 2.45) is 0 Å². The van der Waals surface area contributed by atoms with Gasteiger partial charge in [0, 0.05) is 27.4 Å². The molecular formula is C48H33NO. The normalized spacial score (nSPS) is 13.1. The molecule has 10 rings (SSSR count). The van der Waals surface area contributed by atoms with E-state index in [0.29, 0.717) is 0 Å². The van der Waals surface area contributed by atoms with Gasteiger partial charge in [0.05, 0.1) is 16.8 Å². The Bertz CT molecular complexity index is 2670. The van der Waals surface area contributed by atoms with Crippen LogP contribution >= 0.6 is 0 Å². The standard InChI is InChI=1S/C48H33NO/c1-48(40-22-9-7-19-37(40)38-20-8-10-23-41(38)48)42-24-12-21-39-46-44(26-13-27-45(46)50-47(39)42)49(43-25-11-17-34-16-5-6-18-36(34)43)35-30-28-33(29-31-35)32-14-3-2-4-15-32/h2-31H,1H3. The summed E-state index contributed by atoms with van der Waals surface area (Å²) in [7, 11) is 0. The molecule has 0 aliphatic heterocycles. The largest absolute Gasteiger partial charge is 0.456 e. The molecule has 236 valence electrons. The summed E-state index contributed by atoms with van der Waals surface area (Å²) >= 11 is 0. The van der Waals surface area contributed by atoms with Crippen molar-refractivity contribution in [3.8, 4) is 22.3 Å². The van der Waals surface area contributed by atoms with Gasteiger partial charge in [0.25, 0.3) is 0 Å². The highest BCUT2D eigenvalue weighted by Crippen LogP contribution is 2.55. The van der Waals surface area contributed by atoms with Crippen molar-refractivity contribution < 1.29 is 4.42 Å². The number of furan rings is 1. The number of benzene rings is 8. The van der Waals surface area contributed by atoms with E-state index >= 15 is 0 Å². The average molecular weight is 640 g/mol. The van der Waals surface area contributed by atoms with Crippen LogP contribution in [0.4, 0.5) is 17.1 Å². The molecule has 2 heteroatoms. The summed E-state index contributed by atoms with van der Waals surface area (Å²) in [4.78, 5) is 2.41. The van der Waals surface area contributed by atoms with E-state index in [2.05, 4.69) is 194 Å². The molecule has 2 nitrogen and oxygen atoms in total. The summed E-state index contributed by atoms with van der Waals surface area (Å²) in [6, 6.07) is 65.5. The fraction of sp³-hybridized carbons (Fsp3) is 0.0417. The van der Waals surface area contributed by atoms with Crippen LogP contribution in [0.2, 0.25) is 0 Å². The predicted octanol–water partition coefficient (Wildman–Crippen LogP) is 13.2. The minimum atomic E-state index is -0.372. The second-order valence-corrected chi connectivity index (χ2v) is 13.4. The summed E-state index contributed by atoms with van der Waals surface area (Å²) in [5.74, 6) is 0. The van der Waals surface area contributed by atoms with Crippen molar-refractivity contribution in [1.29, 1.82) is 0 Å². The van der Waals surface area contributed by atoms with E-state index in [1.54, 1.807) is 0 Å². The van der Waals surface area contributed by atoms with Gasteiger partial charge in [0.1, 0.15) is 11.2 Å². The van der Waals surface area contributed by atoms with Gasteiger partial charge in [0.2, 0.25) is 0 Å². The molecule has 1 aromatic heterocycles. The molecule has 0 bridgehead atoms. The van der Waals surface area contributed by atoms with Crippen LogP contribution in [0, 0.1) is 0 Å². The first-order valence-corrected chi connectivity index (χ1v) is 17.3. The Morgan fingerprint density at radius 3 is 1.78 bits per heavy atom. The van der Waals surface area contributed by atoms with E-state index in [9.17, 15) is 0 Å². The van der Waals surface area contributed by atoms with E-state index in [1.807, 2.05) is 0 Å². The molecule has 1 heterocycles. The third-order valence-electron chi connectivity index (χ3n) is 10.7. The van der Waals surface area contributed by atoms with Gasteiger partial charge in [-0.15, -0.1) is 0 Å². The number of para-hydroxylation sites is 1. The lowest BCUT2D eigenvalue weighted by Crippen LogP contribution is -2.22. The second-order valence-electron chi connectivity index (χ2n) is 13.4. The molecule has 9 aromatic rings. The Hall–Kier alpha value is -6.38. The molecule has 1 aliphatic rings. The molecule has 50 heavy (non-hydrogen) atoms. The number of fused-ring (bicyclic) bond motifs is 7. The van der Waals surface area contributed by atoms with Crippen molar-refractivity contribution in [1.82, 2.24) is 0 Å². The van der Waals surface area contributed by atoms with Crippen LogP contribution in [0.25, 0.3) is 55.0 Å². The lowest BCUT2D eigenvalue weighted by molar-refractivity contribution is 0.638. The Morgan fingerprint density at radius 1 is 0.440 bits per heavy atom. The number of hydrogen-bond acceptors (Lipinski definition) is 2. The van der Waals surface area contributed by atoms with Crippen molar-refractivity contribution in [2.45, 2.75) is 12.3 Å². The highest BCUT2D eigenvalue weighted by molar-refractivity contribution is 6.15. The molecule has 0 amide bonds. The Morgan fingerprint density at radius 2 is 1.00 bits per heavy atom. The summed E-state index contributed by atoms with van der Waals surface area (Å²) in [6.45, 7) is 2.36. The van der Waals surface area contributed by atoms with E-state index in [4.69, 9.17) is 4.42 Å². The molecule has 8 aromatic carbocycles. The van der Waals surface area contributed by atoms with Gasteiger partial charge in [-0.3, -0.25) is 0 Å². The maximum absolute atomic E-state index is 6.99. The maximum Gasteiger partial charge on any atom is 0.139 e. The van der Waals surface area contributed by atoms with Crippen LogP contribution in [0.5, 0.6) is 0 Å². The van der Waals surface area contributed by atoms with E-state index < -0.39 is 0 Å². The molecular weight excluding hydrogens is 607 g/mol. The highest BCUT2D eigenvalue weighted by Gasteiger charge is 2.42. The fourth-order valence-corrected chi connectivity index (χ4v) is 8.40. The molecule has 0 N–H and O–H groups in total. The van der Waals surface area contributed by atoms with Crippen LogP contribution in [-0.4, -0.2) is 0 Å². The van der Waals surface area contributed by atoms with Crippen LogP contribution < -0.4 is 4.90 Å². The lowest BCUT2D eigenvalue weighted by atomic mass is 9.74. The molecule has 0 radical (unpaired) electrons. The topological polar surface area (TPSA) is 16.4 Å². The minimum absolute atomic E-state index is 0.372. The first kappa shape index (κ1) is 28.6. The zero-order valence-electron chi connectivity index (χ0n) is 27.7. The van der Waals surface area contributed by atoms with Crippen LogP contribution in [0.1, 0.15) is 23.6 Å². The third kappa shape index (κ3) is 4.15. The molecule has 0 saturated carbocycles. The van der Waals surface area contributed by atoms with Crippen LogP contribution in [-0.2, 0) is 5.41 Å². The summed E-state index contributed by atoms with van der Waals surface area (Å²) < 4.78 is 6.99. The number of hydrogen-bond donors (Lipinski definition) is 0. The summed E-state index contributed by atoms with van der Waals surface area (Å²) in [6.07, 6.45) is 0. The number of rotatable bonds is 5. The van der Waals surface area contributed by atoms with Crippen LogP contribution in [0.3, 0.4) is 0 Å². The van der Waals surface area contributed by atoms with Gasteiger partial charge in [-0.2, -0.15) is 0 Å². The quantitative estimate of drug-likeness (QED) is 0.186. The second kappa shape index (κ2) is 11.1. The van der Waals surface area contributed by atoms with E-state index in [-0.39, 0.29) is 5.41 Å². The molecule has 0 unspecified atom stereocenters. The smallest absolute Gasteiger partial charge is 0.139 e. The number of nitrogens with zero attached hydrogens (tertiary/aromatic N) is 1. The van der Waals surface area contributed by atoms with Gasteiger partial charge in [-0.05, 0) is 76.0 Å². The molecule has 0 fully saturated rings. The van der Waals surface area contributed by atoms with E-state index in [1.165, 1.54) is 49.7 Å². The summed E-state index contributed by atoms with van der Waals surface area (Å²) in [5, 5.41) is 4.61. The first-order chi connectivity index (χ1) is 24.7. The van der Waals surface area contributed by atoms with Crippen LogP contribution in [0.15, 0.2) is 186 Å². The Labute approximate surface area is 291 Å². The van der Waals surface area contributed by atoms with Gasteiger partial charge in [-0.1, -0.05) is 152 Å². The van der Waals surface area contributed by atoms with E-state index in [0.717, 1.165) is 39.0 Å². The van der Waals surface area contributed by atoms with Gasteiger partial charge < -0.3 is 9.32 Å². The third-order valence-corrected chi connectivity index (χ3v) is 10.7. The highest BCUT2D eigenvalue weighted by atomic mass is 16.3. The molecule has 0 saturated heterocycles. The molecule has 1 aliphatic carbocycles. The fourth-order valence-electron chi connectivity index (χ4n) is 8.40. The minimum Gasteiger partial charge on any atom is -0.456 e. The Kier molecular flexibility index (Phi) is 6.34.